The van der Waals surface area contributed by atoms with Crippen molar-refractivity contribution < 1.29 is 0 Å². The summed E-state index contributed by atoms with van der Waals surface area (Å²) in [6.07, 6.45) is 1.05. The van der Waals surface area contributed by atoms with E-state index in [0.717, 1.165) is 16.2 Å². The third-order valence-corrected chi connectivity index (χ3v) is 7.03. The fourth-order valence-corrected chi connectivity index (χ4v) is 5.21. The summed E-state index contributed by atoms with van der Waals surface area (Å²) in [6.45, 7) is 6.97. The summed E-state index contributed by atoms with van der Waals surface area (Å²) >= 11 is 9.55. The van der Waals surface area contributed by atoms with E-state index >= 15 is 0 Å². The Morgan fingerprint density at radius 1 is 0.625 bits per heavy atom. The molecule has 32 heavy (non-hydrogen) atoms. The Morgan fingerprint density at radius 2 is 1.03 bits per heavy atom. The van der Waals surface area contributed by atoms with Gasteiger partial charge in [0.15, 0.2) is 0 Å². The Morgan fingerprint density at radius 3 is 1.41 bits per heavy atom. The highest BCUT2D eigenvalue weighted by Crippen LogP contribution is 2.42. The minimum Gasteiger partial charge on any atom is -0.143 e. The molecule has 0 N–H and O–H groups in total. The van der Waals surface area contributed by atoms with Gasteiger partial charge in [0, 0.05) is 15.2 Å². The molecule has 0 radical (unpaired) electrons. The molecular formula is C30H30S2. The maximum absolute atomic E-state index is 4.78. The lowest BCUT2D eigenvalue weighted by atomic mass is 9.70. The normalized spacial score (nSPS) is 11.7. The van der Waals surface area contributed by atoms with E-state index in [1.54, 1.807) is 0 Å². The first-order chi connectivity index (χ1) is 15.4. The molecule has 0 nitrogen and oxygen atoms in total. The van der Waals surface area contributed by atoms with Crippen LogP contribution in [0.15, 0.2) is 107 Å². The lowest BCUT2D eigenvalue weighted by Gasteiger charge is -2.34. The van der Waals surface area contributed by atoms with Crippen LogP contribution in [0, 0.1) is 5.92 Å². The van der Waals surface area contributed by atoms with Gasteiger partial charge in [0.25, 0.3) is 0 Å². The molecule has 0 spiro atoms. The van der Waals surface area contributed by atoms with E-state index in [1.807, 2.05) is 0 Å². The molecule has 0 aliphatic carbocycles. The zero-order valence-corrected chi connectivity index (χ0v) is 20.7. The first-order valence-electron chi connectivity index (χ1n) is 11.2. The van der Waals surface area contributed by atoms with Gasteiger partial charge >= 0.3 is 0 Å². The highest BCUT2D eigenvalue weighted by molar-refractivity contribution is 7.80. The molecule has 0 heterocycles. The highest BCUT2D eigenvalue weighted by Gasteiger charge is 2.31. The fraction of sp³-hybridized carbons (Fsp3) is 0.200. The largest absolute Gasteiger partial charge is 0.143 e. The third-order valence-electron chi connectivity index (χ3n) is 6.25. The van der Waals surface area contributed by atoms with Crippen molar-refractivity contribution in [3.8, 4) is 22.3 Å². The molecule has 0 unspecified atom stereocenters. The second-order valence-electron chi connectivity index (χ2n) is 9.13. The summed E-state index contributed by atoms with van der Waals surface area (Å²) in [7, 11) is 0. The summed E-state index contributed by atoms with van der Waals surface area (Å²) in [6, 6.07) is 34.5. The van der Waals surface area contributed by atoms with Gasteiger partial charge in [-0.3, -0.25) is 0 Å². The van der Waals surface area contributed by atoms with Crippen LogP contribution in [0.25, 0.3) is 22.3 Å². The van der Waals surface area contributed by atoms with E-state index in [-0.39, 0.29) is 5.41 Å². The first kappa shape index (κ1) is 22.8. The van der Waals surface area contributed by atoms with Crippen molar-refractivity contribution >= 4 is 25.3 Å². The van der Waals surface area contributed by atoms with Gasteiger partial charge in [-0.2, -0.15) is 0 Å². The molecule has 0 aromatic heterocycles. The van der Waals surface area contributed by atoms with Crippen LogP contribution in [-0.4, -0.2) is 0 Å². The minimum atomic E-state index is -0.135. The van der Waals surface area contributed by atoms with E-state index in [9.17, 15) is 0 Å². The molecule has 0 bridgehead atoms. The lowest BCUT2D eigenvalue weighted by Crippen LogP contribution is -2.26. The monoisotopic (exact) mass is 454 g/mol. The first-order valence-corrected chi connectivity index (χ1v) is 12.1. The molecule has 0 saturated carbocycles. The number of hydrogen-bond donors (Lipinski definition) is 2. The summed E-state index contributed by atoms with van der Waals surface area (Å²) in [5, 5.41) is 0. The molecule has 162 valence electrons. The highest BCUT2D eigenvalue weighted by atomic mass is 32.1. The predicted molar refractivity (Wildman–Crippen MR) is 144 cm³/mol. The average molecular weight is 455 g/mol. The molecule has 0 saturated heterocycles. The molecule has 2 heteroatoms. The van der Waals surface area contributed by atoms with Crippen LogP contribution in [-0.2, 0) is 5.41 Å². The van der Waals surface area contributed by atoms with Crippen LogP contribution in [0.5, 0.6) is 0 Å². The topological polar surface area (TPSA) is 0 Å². The third kappa shape index (κ3) is 4.67. The van der Waals surface area contributed by atoms with Crippen molar-refractivity contribution in [1.29, 1.82) is 0 Å². The fourth-order valence-electron chi connectivity index (χ4n) is 4.68. The van der Waals surface area contributed by atoms with Crippen LogP contribution in [0.4, 0.5) is 0 Å². The van der Waals surface area contributed by atoms with Crippen molar-refractivity contribution in [3.63, 3.8) is 0 Å². The SMILES string of the molecule is CC(C)CC(C)(c1ccc(S)c(-c2ccccc2)c1)c1ccc(S)c(-c2ccccc2)c1. The molecule has 0 amide bonds. The molecule has 4 aromatic rings. The van der Waals surface area contributed by atoms with E-state index in [1.165, 1.54) is 33.4 Å². The van der Waals surface area contributed by atoms with Crippen molar-refractivity contribution in [3.05, 3.63) is 108 Å². The van der Waals surface area contributed by atoms with Crippen molar-refractivity contribution in [1.82, 2.24) is 0 Å². The van der Waals surface area contributed by atoms with Gasteiger partial charge in [0.2, 0.25) is 0 Å². The Balaban J connectivity index is 1.88. The summed E-state index contributed by atoms with van der Waals surface area (Å²) < 4.78 is 0. The van der Waals surface area contributed by atoms with Gasteiger partial charge in [0.1, 0.15) is 0 Å². The molecule has 0 aliphatic rings. The van der Waals surface area contributed by atoms with Gasteiger partial charge in [-0.1, -0.05) is 93.6 Å². The van der Waals surface area contributed by atoms with Crippen LogP contribution in [0.1, 0.15) is 38.3 Å². The van der Waals surface area contributed by atoms with Gasteiger partial charge in [-0.25, -0.2) is 0 Å². The quantitative estimate of drug-likeness (QED) is 0.267. The van der Waals surface area contributed by atoms with Crippen LogP contribution in [0.3, 0.4) is 0 Å². The molecule has 0 fully saturated rings. The molecule has 0 atom stereocenters. The molecule has 0 aliphatic heterocycles. The number of rotatable bonds is 6. The Bertz CT molecular complexity index is 1110. The molecule has 4 rings (SSSR count). The maximum atomic E-state index is 4.78. The molecule has 4 aromatic carbocycles. The molecular weight excluding hydrogens is 424 g/mol. The minimum absolute atomic E-state index is 0.135. The van der Waals surface area contributed by atoms with Crippen molar-refractivity contribution in [2.45, 2.75) is 42.4 Å². The van der Waals surface area contributed by atoms with E-state index in [4.69, 9.17) is 25.3 Å². The maximum Gasteiger partial charge on any atom is 0.0177 e. The van der Waals surface area contributed by atoms with Gasteiger partial charge < -0.3 is 0 Å². The van der Waals surface area contributed by atoms with Crippen LogP contribution in [0.2, 0.25) is 0 Å². The second-order valence-corrected chi connectivity index (χ2v) is 10.1. The van der Waals surface area contributed by atoms with E-state index in [2.05, 4.69) is 118 Å². The second kappa shape index (κ2) is 9.60. The predicted octanol–water partition coefficient (Wildman–Crippen LogP) is 8.95. The average Bonchev–Trinajstić information content (AvgIpc) is 2.80. The van der Waals surface area contributed by atoms with E-state index < -0.39 is 0 Å². The Labute approximate surface area is 203 Å². The zero-order valence-electron chi connectivity index (χ0n) is 18.9. The zero-order chi connectivity index (χ0) is 22.7. The van der Waals surface area contributed by atoms with E-state index in [0.29, 0.717) is 5.92 Å². The number of thiol groups is 2. The summed E-state index contributed by atoms with van der Waals surface area (Å²) in [4.78, 5) is 2.00. The lowest BCUT2D eigenvalue weighted by molar-refractivity contribution is 0.427. The van der Waals surface area contributed by atoms with Gasteiger partial charge in [0.05, 0.1) is 0 Å². The van der Waals surface area contributed by atoms with Crippen molar-refractivity contribution in [2.75, 3.05) is 0 Å². The Kier molecular flexibility index (Phi) is 6.83. The number of benzene rings is 4. The smallest absolute Gasteiger partial charge is 0.0177 e. The standard InChI is InChI=1S/C30H30S2/c1-21(2)20-30(3,24-14-16-28(31)26(18-24)22-10-6-4-7-11-22)25-15-17-29(32)27(19-25)23-12-8-5-9-13-23/h4-19,21,31-32H,20H2,1-3H3. The summed E-state index contributed by atoms with van der Waals surface area (Å²) in [5.41, 5.74) is 7.24. The van der Waals surface area contributed by atoms with Crippen LogP contribution >= 0.6 is 25.3 Å². The number of hydrogen-bond acceptors (Lipinski definition) is 2. The summed E-state index contributed by atoms with van der Waals surface area (Å²) in [5.74, 6) is 0.548. The van der Waals surface area contributed by atoms with Crippen LogP contribution < -0.4 is 0 Å². The van der Waals surface area contributed by atoms with Gasteiger partial charge in [-0.15, -0.1) is 25.3 Å². The van der Waals surface area contributed by atoms with Crippen molar-refractivity contribution in [2.24, 2.45) is 5.92 Å². The Hall–Kier alpha value is -2.42. The van der Waals surface area contributed by atoms with Gasteiger partial charge in [-0.05, 0) is 70.0 Å².